The Hall–Kier alpha value is -0.830. The molecule has 0 bridgehead atoms. The van der Waals surface area contributed by atoms with Gasteiger partial charge in [-0.3, -0.25) is 0 Å². The van der Waals surface area contributed by atoms with Gasteiger partial charge in [-0.1, -0.05) is 6.08 Å². The van der Waals surface area contributed by atoms with E-state index in [-0.39, 0.29) is 5.48 Å². The Morgan fingerprint density at radius 2 is 2.27 bits per heavy atom. The molecule has 0 amide bonds. The minimum absolute atomic E-state index is 0. The lowest BCUT2D eigenvalue weighted by Gasteiger charge is -2.31. The van der Waals surface area contributed by atoms with Gasteiger partial charge in [0.2, 0.25) is 0 Å². The van der Waals surface area contributed by atoms with Crippen molar-refractivity contribution in [1.82, 2.24) is 0 Å². The Kier molecular flexibility index (Phi) is 2.00. The second-order valence-electron chi connectivity index (χ2n) is 3.14. The fourth-order valence-corrected chi connectivity index (χ4v) is 1.94. The Morgan fingerprint density at radius 1 is 1.55 bits per heavy atom. The SMILES string of the molecule is O.O=C(O)C1=CCC2CCC12. The molecule has 3 heteroatoms. The van der Waals surface area contributed by atoms with Gasteiger partial charge in [-0.2, -0.15) is 0 Å². The molecular formula is C8H12O3. The van der Waals surface area contributed by atoms with E-state index in [0.29, 0.717) is 17.4 Å². The van der Waals surface area contributed by atoms with E-state index in [1.807, 2.05) is 6.08 Å². The van der Waals surface area contributed by atoms with Crippen LogP contribution in [0, 0.1) is 11.8 Å². The monoisotopic (exact) mass is 156 g/mol. The summed E-state index contributed by atoms with van der Waals surface area (Å²) in [6.07, 6.45) is 5.23. The Morgan fingerprint density at radius 3 is 2.55 bits per heavy atom. The highest BCUT2D eigenvalue weighted by Crippen LogP contribution is 2.46. The highest BCUT2D eigenvalue weighted by Gasteiger charge is 2.39. The third kappa shape index (κ3) is 1.05. The van der Waals surface area contributed by atoms with E-state index in [9.17, 15) is 4.79 Å². The minimum Gasteiger partial charge on any atom is -0.478 e. The van der Waals surface area contributed by atoms with Crippen molar-refractivity contribution in [1.29, 1.82) is 0 Å². The predicted molar refractivity (Wildman–Crippen MR) is 40.2 cm³/mol. The maximum absolute atomic E-state index is 10.5. The van der Waals surface area contributed by atoms with Crippen LogP contribution in [-0.4, -0.2) is 16.6 Å². The molecular weight excluding hydrogens is 144 g/mol. The summed E-state index contributed by atoms with van der Waals surface area (Å²) in [6.45, 7) is 0. The standard InChI is InChI=1S/C8H10O2.H2O/c9-8(10)7-4-2-5-1-3-6(5)7;/h4-6H,1-3H2,(H,9,10);1H2. The van der Waals surface area contributed by atoms with Crippen molar-refractivity contribution in [2.45, 2.75) is 19.3 Å². The van der Waals surface area contributed by atoms with E-state index in [1.54, 1.807) is 0 Å². The van der Waals surface area contributed by atoms with Crippen molar-refractivity contribution in [3.05, 3.63) is 11.6 Å². The largest absolute Gasteiger partial charge is 0.478 e. The van der Waals surface area contributed by atoms with Gasteiger partial charge in [-0.25, -0.2) is 4.79 Å². The third-order valence-electron chi connectivity index (χ3n) is 2.70. The van der Waals surface area contributed by atoms with Crippen LogP contribution in [0.1, 0.15) is 19.3 Å². The summed E-state index contributed by atoms with van der Waals surface area (Å²) in [7, 11) is 0. The summed E-state index contributed by atoms with van der Waals surface area (Å²) < 4.78 is 0. The first kappa shape index (κ1) is 8.27. The summed E-state index contributed by atoms with van der Waals surface area (Å²) in [5.41, 5.74) is 0.677. The second kappa shape index (κ2) is 2.66. The molecule has 0 aliphatic heterocycles. The van der Waals surface area contributed by atoms with E-state index in [4.69, 9.17) is 5.11 Å². The van der Waals surface area contributed by atoms with E-state index in [0.717, 1.165) is 12.8 Å². The number of rotatable bonds is 1. The van der Waals surface area contributed by atoms with Crippen LogP contribution in [0.15, 0.2) is 11.6 Å². The molecule has 0 aromatic rings. The average Bonchev–Trinajstić information content (AvgIpc) is 2.07. The van der Waals surface area contributed by atoms with Gasteiger partial charge in [0.05, 0.1) is 0 Å². The number of allylic oxidation sites excluding steroid dienone is 1. The second-order valence-corrected chi connectivity index (χ2v) is 3.14. The molecule has 2 aliphatic rings. The lowest BCUT2D eigenvalue weighted by atomic mass is 9.73. The first-order chi connectivity index (χ1) is 4.79. The van der Waals surface area contributed by atoms with Crippen LogP contribution in [0.25, 0.3) is 0 Å². The van der Waals surface area contributed by atoms with Gasteiger partial charge in [-0.15, -0.1) is 0 Å². The van der Waals surface area contributed by atoms with Crippen LogP contribution in [0.4, 0.5) is 0 Å². The quantitative estimate of drug-likeness (QED) is 0.604. The van der Waals surface area contributed by atoms with Gasteiger partial charge in [0.1, 0.15) is 0 Å². The van der Waals surface area contributed by atoms with Gasteiger partial charge >= 0.3 is 5.97 Å². The van der Waals surface area contributed by atoms with Crippen molar-refractivity contribution in [2.75, 3.05) is 0 Å². The zero-order valence-electron chi connectivity index (χ0n) is 6.21. The number of fused-ring (bicyclic) bond motifs is 1. The Balaban J connectivity index is 0.000000605. The average molecular weight is 156 g/mol. The number of carboxylic acids is 1. The van der Waals surface area contributed by atoms with E-state index >= 15 is 0 Å². The summed E-state index contributed by atoms with van der Waals surface area (Å²) in [5.74, 6) is 0.399. The van der Waals surface area contributed by atoms with Crippen molar-refractivity contribution in [3.63, 3.8) is 0 Å². The number of carboxylic acid groups (broad SMARTS) is 1. The minimum atomic E-state index is -0.702. The molecule has 0 heterocycles. The van der Waals surface area contributed by atoms with Crippen molar-refractivity contribution in [2.24, 2.45) is 11.8 Å². The highest BCUT2D eigenvalue weighted by molar-refractivity contribution is 5.88. The highest BCUT2D eigenvalue weighted by atomic mass is 16.4. The van der Waals surface area contributed by atoms with Crippen LogP contribution in [0.2, 0.25) is 0 Å². The van der Waals surface area contributed by atoms with E-state index < -0.39 is 5.97 Å². The van der Waals surface area contributed by atoms with Gasteiger partial charge in [-0.05, 0) is 31.1 Å². The number of carbonyl (C=O) groups is 1. The van der Waals surface area contributed by atoms with Crippen molar-refractivity contribution < 1.29 is 15.4 Å². The summed E-state index contributed by atoms with van der Waals surface area (Å²) in [6, 6.07) is 0. The maximum atomic E-state index is 10.5. The Bertz CT molecular complexity index is 207. The molecule has 3 nitrogen and oxygen atoms in total. The zero-order valence-corrected chi connectivity index (χ0v) is 6.21. The topological polar surface area (TPSA) is 68.8 Å². The van der Waals surface area contributed by atoms with Gasteiger partial charge in [0, 0.05) is 5.57 Å². The fraction of sp³-hybridized carbons (Fsp3) is 0.625. The van der Waals surface area contributed by atoms with Crippen LogP contribution >= 0.6 is 0 Å². The fourth-order valence-electron chi connectivity index (χ4n) is 1.94. The number of hydrogen-bond donors (Lipinski definition) is 1. The van der Waals surface area contributed by atoms with Crippen molar-refractivity contribution in [3.8, 4) is 0 Å². The van der Waals surface area contributed by atoms with E-state index in [1.165, 1.54) is 6.42 Å². The molecule has 2 unspecified atom stereocenters. The molecule has 3 N–H and O–H groups in total. The lowest BCUT2D eigenvalue weighted by Crippen LogP contribution is -2.25. The molecule has 0 radical (unpaired) electrons. The van der Waals surface area contributed by atoms with Gasteiger partial charge < -0.3 is 10.6 Å². The zero-order chi connectivity index (χ0) is 7.14. The molecule has 2 rings (SSSR count). The molecule has 62 valence electrons. The van der Waals surface area contributed by atoms with Crippen LogP contribution in [0.5, 0.6) is 0 Å². The molecule has 1 fully saturated rings. The maximum Gasteiger partial charge on any atom is 0.331 e. The number of hydrogen-bond acceptors (Lipinski definition) is 1. The smallest absolute Gasteiger partial charge is 0.331 e. The molecule has 2 aliphatic carbocycles. The molecule has 0 spiro atoms. The van der Waals surface area contributed by atoms with Crippen molar-refractivity contribution >= 4 is 5.97 Å². The molecule has 1 saturated carbocycles. The molecule has 2 atom stereocenters. The van der Waals surface area contributed by atoms with Crippen LogP contribution in [-0.2, 0) is 4.79 Å². The third-order valence-corrected chi connectivity index (χ3v) is 2.70. The molecule has 11 heavy (non-hydrogen) atoms. The van der Waals surface area contributed by atoms with Gasteiger partial charge in [0.25, 0.3) is 0 Å². The molecule has 0 aromatic heterocycles. The van der Waals surface area contributed by atoms with E-state index in [2.05, 4.69) is 0 Å². The summed E-state index contributed by atoms with van der Waals surface area (Å²) >= 11 is 0. The molecule has 0 aromatic carbocycles. The Labute approximate surface area is 65.0 Å². The number of aliphatic carboxylic acids is 1. The first-order valence-corrected chi connectivity index (χ1v) is 3.72. The van der Waals surface area contributed by atoms with Gasteiger partial charge in [0.15, 0.2) is 0 Å². The van der Waals surface area contributed by atoms with Crippen LogP contribution in [0.3, 0.4) is 0 Å². The van der Waals surface area contributed by atoms with Crippen LogP contribution < -0.4 is 0 Å². The lowest BCUT2D eigenvalue weighted by molar-refractivity contribution is -0.133. The molecule has 0 saturated heterocycles. The summed E-state index contributed by atoms with van der Waals surface area (Å²) in [5, 5.41) is 8.67. The normalized spacial score (nSPS) is 32.9. The summed E-state index contributed by atoms with van der Waals surface area (Å²) in [4.78, 5) is 10.5. The first-order valence-electron chi connectivity index (χ1n) is 3.72. The predicted octanol–water partition coefficient (Wildman–Crippen LogP) is 0.603.